The lowest BCUT2D eigenvalue weighted by Crippen LogP contribution is -2.39. The van der Waals surface area contributed by atoms with E-state index >= 15 is 0 Å². The van der Waals surface area contributed by atoms with Crippen molar-refractivity contribution < 1.29 is 15.3 Å². The molecule has 0 amide bonds. The van der Waals surface area contributed by atoms with Gasteiger partial charge in [-0.3, -0.25) is 0 Å². The molecule has 5 heteroatoms. The number of hydrogen-bond donors (Lipinski definition) is 3. The van der Waals surface area contributed by atoms with Crippen LogP contribution in [0.4, 0.5) is 0 Å². The number of nitrogens with zero attached hydrogens (tertiary/aromatic N) is 1. The van der Waals surface area contributed by atoms with Gasteiger partial charge in [0.15, 0.2) is 0 Å². The van der Waals surface area contributed by atoms with E-state index in [0.29, 0.717) is 24.7 Å². The highest BCUT2D eigenvalue weighted by molar-refractivity contribution is 7.11. The van der Waals surface area contributed by atoms with Crippen LogP contribution in [-0.2, 0) is 11.8 Å². The van der Waals surface area contributed by atoms with Gasteiger partial charge in [0.05, 0.1) is 23.7 Å². The first-order chi connectivity index (χ1) is 18.5. The van der Waals surface area contributed by atoms with E-state index in [0.717, 1.165) is 48.3 Å². The first kappa shape index (κ1) is 29.0. The molecule has 3 N–H and O–H groups in total. The minimum absolute atomic E-state index is 0.0103. The second-order valence-corrected chi connectivity index (χ2v) is 14.9. The Labute approximate surface area is 239 Å². The lowest BCUT2D eigenvalue weighted by atomic mass is 9.57. The molecule has 0 bridgehead atoms. The molecule has 6 atom stereocenters. The Morgan fingerprint density at radius 3 is 2.69 bits per heavy atom. The van der Waals surface area contributed by atoms with Crippen molar-refractivity contribution in [3.05, 3.63) is 63.7 Å². The number of hydrogen-bond acceptors (Lipinski definition) is 5. The van der Waals surface area contributed by atoms with Crippen molar-refractivity contribution in [3.8, 4) is 0 Å². The molecule has 0 saturated heterocycles. The Bertz CT molecular complexity index is 1150. The topological polar surface area (TPSA) is 73.6 Å². The second-order valence-electron chi connectivity index (χ2n) is 13.8. The van der Waals surface area contributed by atoms with E-state index in [9.17, 15) is 15.3 Å². The molecule has 0 aliphatic heterocycles. The van der Waals surface area contributed by atoms with Gasteiger partial charge in [-0.15, -0.1) is 11.3 Å². The number of fused-ring (bicyclic) bond motifs is 1. The van der Waals surface area contributed by atoms with Crippen LogP contribution in [0.3, 0.4) is 0 Å². The summed E-state index contributed by atoms with van der Waals surface area (Å²) in [5.41, 5.74) is 3.31. The quantitative estimate of drug-likeness (QED) is 0.299. The normalized spacial score (nSPS) is 35.6. The summed E-state index contributed by atoms with van der Waals surface area (Å²) in [5.74, 6) is 1.11. The summed E-state index contributed by atoms with van der Waals surface area (Å²) in [6.07, 6.45) is 20.4. The maximum absolute atomic E-state index is 11.4. The van der Waals surface area contributed by atoms with Crippen LogP contribution in [0.1, 0.15) is 102 Å². The van der Waals surface area contributed by atoms with Crippen LogP contribution < -0.4 is 0 Å². The van der Waals surface area contributed by atoms with Crippen LogP contribution in [0, 0.1) is 22.7 Å². The third kappa shape index (κ3) is 5.54. The molecule has 4 saturated carbocycles. The molecule has 1 aromatic heterocycles. The standard InChI is InChI=1S/C34H49NO3S/c1-6-8-26-21-35-31(39-26)34(17-18-34)30(38)14-16-32(3,4)29-13-12-27-23(9-7-15-33(27,29)5)10-11-24-19-25(36)20-28(37)22(24)2/h10-11,14,16,21,25,27-30,36-38H,2,6-9,12-13,15,17-20H2,1,3-5H3/t25-,27+,28+,29-,30-,33+/m1/s1. The fourth-order valence-corrected chi connectivity index (χ4v) is 9.53. The summed E-state index contributed by atoms with van der Waals surface area (Å²) in [6, 6.07) is 0. The zero-order valence-corrected chi connectivity index (χ0v) is 25.3. The lowest BCUT2D eigenvalue weighted by Gasteiger charge is -2.47. The van der Waals surface area contributed by atoms with E-state index in [1.54, 1.807) is 11.3 Å². The third-order valence-electron chi connectivity index (χ3n) is 10.7. The Hall–Kier alpha value is -1.53. The number of aromatic nitrogens is 1. The molecule has 0 unspecified atom stereocenters. The Balaban J connectivity index is 1.31. The highest BCUT2D eigenvalue weighted by Gasteiger charge is 2.54. The molecule has 1 heterocycles. The average Bonchev–Trinajstić information content (AvgIpc) is 3.41. The van der Waals surface area contributed by atoms with Gasteiger partial charge in [0.25, 0.3) is 0 Å². The first-order valence-electron chi connectivity index (χ1n) is 15.3. The summed E-state index contributed by atoms with van der Waals surface area (Å²) in [4.78, 5) is 6.06. The largest absolute Gasteiger partial charge is 0.393 e. The molecular formula is C34H49NO3S. The molecule has 4 nitrogen and oxygen atoms in total. The maximum Gasteiger partial charge on any atom is 0.102 e. The van der Waals surface area contributed by atoms with Crippen LogP contribution in [0.25, 0.3) is 0 Å². The van der Waals surface area contributed by atoms with Crippen molar-refractivity contribution in [1.29, 1.82) is 0 Å². The van der Waals surface area contributed by atoms with Gasteiger partial charge in [-0.25, -0.2) is 4.98 Å². The summed E-state index contributed by atoms with van der Waals surface area (Å²) in [5, 5.41) is 32.9. The van der Waals surface area contributed by atoms with E-state index in [2.05, 4.69) is 58.6 Å². The van der Waals surface area contributed by atoms with Gasteiger partial charge >= 0.3 is 0 Å². The summed E-state index contributed by atoms with van der Waals surface area (Å²) < 4.78 is 0. The zero-order valence-electron chi connectivity index (χ0n) is 24.5. The number of allylic oxidation sites excluding steroid dienone is 4. The van der Waals surface area contributed by atoms with E-state index in [1.165, 1.54) is 36.1 Å². The minimum atomic E-state index is -0.641. The van der Waals surface area contributed by atoms with Crippen molar-refractivity contribution >= 4 is 11.3 Å². The molecule has 0 aromatic carbocycles. The number of aliphatic hydroxyl groups is 3. The molecule has 5 rings (SSSR count). The Morgan fingerprint density at radius 1 is 1.21 bits per heavy atom. The monoisotopic (exact) mass is 551 g/mol. The van der Waals surface area contributed by atoms with Crippen molar-refractivity contribution in [2.75, 3.05) is 0 Å². The van der Waals surface area contributed by atoms with Crippen LogP contribution in [0.2, 0.25) is 0 Å². The van der Waals surface area contributed by atoms with Gasteiger partial charge in [-0.05, 0) is 91.6 Å². The van der Waals surface area contributed by atoms with Crippen molar-refractivity contribution in [2.45, 2.75) is 122 Å². The highest BCUT2D eigenvalue weighted by atomic mass is 32.1. The SMILES string of the molecule is C=C1C(=CC=C2CCC[C@]3(C)[C@@H](C(C)(C)C=C[C@@H](O)C4(c5ncc(CCC)s5)CC4)CC[C@@H]23)C[C@@H](O)C[C@@H]1O. The first-order valence-corrected chi connectivity index (χ1v) is 16.1. The molecular weight excluding hydrogens is 502 g/mol. The van der Waals surface area contributed by atoms with Crippen LogP contribution in [0.15, 0.2) is 53.8 Å². The van der Waals surface area contributed by atoms with Gasteiger partial charge in [-0.1, -0.05) is 70.6 Å². The fourth-order valence-electron chi connectivity index (χ4n) is 8.24. The predicted molar refractivity (Wildman–Crippen MR) is 161 cm³/mol. The molecule has 4 aliphatic carbocycles. The van der Waals surface area contributed by atoms with E-state index in [-0.39, 0.29) is 16.2 Å². The molecule has 4 fully saturated rings. The smallest absolute Gasteiger partial charge is 0.102 e. The van der Waals surface area contributed by atoms with Crippen molar-refractivity contribution in [2.24, 2.45) is 22.7 Å². The Kier molecular flexibility index (Phi) is 8.20. The highest BCUT2D eigenvalue weighted by Crippen LogP contribution is 2.62. The third-order valence-corrected chi connectivity index (χ3v) is 11.9. The van der Waals surface area contributed by atoms with E-state index in [4.69, 9.17) is 4.98 Å². The number of thiazole rings is 1. The molecule has 214 valence electrons. The lowest BCUT2D eigenvalue weighted by molar-refractivity contribution is 0.0706. The van der Waals surface area contributed by atoms with Gasteiger partial charge in [0, 0.05) is 17.5 Å². The molecule has 0 spiro atoms. The second kappa shape index (κ2) is 11.0. The molecule has 4 aliphatic rings. The number of rotatable bonds is 8. The van der Waals surface area contributed by atoms with E-state index in [1.807, 2.05) is 6.20 Å². The molecule has 0 radical (unpaired) electrons. The molecule has 39 heavy (non-hydrogen) atoms. The van der Waals surface area contributed by atoms with Gasteiger partial charge < -0.3 is 15.3 Å². The predicted octanol–water partition coefficient (Wildman–Crippen LogP) is 7.21. The van der Waals surface area contributed by atoms with Crippen LogP contribution in [-0.4, -0.2) is 38.6 Å². The summed E-state index contributed by atoms with van der Waals surface area (Å²) >= 11 is 1.79. The number of aliphatic hydroxyl groups excluding tert-OH is 3. The Morgan fingerprint density at radius 2 is 1.97 bits per heavy atom. The minimum Gasteiger partial charge on any atom is -0.393 e. The summed E-state index contributed by atoms with van der Waals surface area (Å²) in [7, 11) is 0. The van der Waals surface area contributed by atoms with Crippen molar-refractivity contribution in [1.82, 2.24) is 4.98 Å². The van der Waals surface area contributed by atoms with Crippen LogP contribution in [0.5, 0.6) is 0 Å². The molecule has 1 aromatic rings. The van der Waals surface area contributed by atoms with Crippen molar-refractivity contribution in [3.63, 3.8) is 0 Å². The van der Waals surface area contributed by atoms with E-state index < -0.39 is 18.3 Å². The fraction of sp³-hybridized carbons (Fsp3) is 0.676. The number of aryl methyl sites for hydroxylation is 1. The average molecular weight is 552 g/mol. The van der Waals surface area contributed by atoms with Gasteiger partial charge in [0.2, 0.25) is 0 Å². The van der Waals surface area contributed by atoms with Gasteiger partial charge in [-0.2, -0.15) is 0 Å². The zero-order chi connectivity index (χ0) is 28.0. The van der Waals surface area contributed by atoms with Gasteiger partial charge in [0.1, 0.15) is 5.01 Å². The van der Waals surface area contributed by atoms with Crippen LogP contribution >= 0.6 is 11.3 Å². The maximum atomic E-state index is 11.4. The summed E-state index contributed by atoms with van der Waals surface area (Å²) in [6.45, 7) is 13.5.